The number of esters is 1. The van der Waals surface area contributed by atoms with Gasteiger partial charge in [-0.25, -0.2) is 4.79 Å². The molecule has 0 N–H and O–H groups in total. The zero-order valence-electron chi connectivity index (χ0n) is 12.1. The van der Waals surface area contributed by atoms with Gasteiger partial charge in [0.15, 0.2) is 0 Å². The zero-order chi connectivity index (χ0) is 14.5. The maximum Gasteiger partial charge on any atom is 0.340 e. The van der Waals surface area contributed by atoms with E-state index in [2.05, 4.69) is 18.8 Å². The molecule has 3 nitrogen and oxygen atoms in total. The van der Waals surface area contributed by atoms with E-state index in [1.165, 1.54) is 0 Å². The fourth-order valence-corrected chi connectivity index (χ4v) is 1.99. The van der Waals surface area contributed by atoms with Crippen LogP contribution >= 0.6 is 0 Å². The number of carbonyl (C=O) groups excluding carboxylic acids is 1. The number of hydrogen-bond acceptors (Lipinski definition) is 3. The zero-order valence-corrected chi connectivity index (χ0v) is 12.1. The van der Waals surface area contributed by atoms with Crippen molar-refractivity contribution in [2.75, 3.05) is 6.61 Å². The quantitative estimate of drug-likeness (QED) is 0.786. The Hall–Kier alpha value is -2.16. The molecule has 0 radical (unpaired) electrons. The van der Waals surface area contributed by atoms with Gasteiger partial charge in [0.05, 0.1) is 17.9 Å². The van der Waals surface area contributed by atoms with Crippen LogP contribution in [-0.4, -0.2) is 17.6 Å². The summed E-state index contributed by atoms with van der Waals surface area (Å²) in [4.78, 5) is 16.7. The number of nitrogens with zero attached hydrogens (tertiary/aromatic N) is 1. The molecule has 0 aliphatic heterocycles. The van der Waals surface area contributed by atoms with Gasteiger partial charge in [0, 0.05) is 11.3 Å². The fourth-order valence-electron chi connectivity index (χ4n) is 1.99. The van der Waals surface area contributed by atoms with Crippen LogP contribution in [0.15, 0.2) is 42.5 Å². The molecule has 3 heteroatoms. The van der Waals surface area contributed by atoms with E-state index in [4.69, 9.17) is 4.74 Å². The fraction of sp³-hybridized carbons (Fsp3) is 0.294. The molecule has 20 heavy (non-hydrogen) atoms. The summed E-state index contributed by atoms with van der Waals surface area (Å²) in [6.45, 7) is 6.33. The predicted molar refractivity (Wildman–Crippen MR) is 79.7 cm³/mol. The van der Waals surface area contributed by atoms with Gasteiger partial charge in [0.25, 0.3) is 0 Å². The summed E-state index contributed by atoms with van der Waals surface area (Å²) >= 11 is 0. The first kappa shape index (κ1) is 14.3. The van der Waals surface area contributed by atoms with E-state index < -0.39 is 0 Å². The molecule has 0 spiro atoms. The monoisotopic (exact) mass is 269 g/mol. The van der Waals surface area contributed by atoms with E-state index in [1.807, 2.05) is 42.5 Å². The first-order chi connectivity index (χ1) is 9.63. The molecule has 0 saturated carbocycles. The van der Waals surface area contributed by atoms with E-state index in [-0.39, 0.29) is 5.97 Å². The van der Waals surface area contributed by atoms with Gasteiger partial charge in [-0.2, -0.15) is 0 Å². The second-order valence-corrected chi connectivity index (χ2v) is 4.87. The van der Waals surface area contributed by atoms with Crippen molar-refractivity contribution < 1.29 is 9.53 Å². The van der Waals surface area contributed by atoms with Gasteiger partial charge < -0.3 is 4.74 Å². The average molecular weight is 269 g/mol. The maximum atomic E-state index is 12.1. The molecule has 104 valence electrons. The first-order valence-corrected chi connectivity index (χ1v) is 6.87. The number of ether oxygens (including phenoxy) is 1. The molecule has 0 aliphatic rings. The number of hydrogen-bond donors (Lipinski definition) is 0. The third-order valence-electron chi connectivity index (χ3n) is 3.05. The van der Waals surface area contributed by atoms with Crippen LogP contribution in [0.3, 0.4) is 0 Å². The molecule has 0 amide bonds. The molecule has 0 saturated heterocycles. The summed E-state index contributed by atoms with van der Waals surface area (Å²) in [5.41, 5.74) is 3.10. The Kier molecular flexibility index (Phi) is 4.51. The largest absolute Gasteiger partial charge is 0.462 e. The van der Waals surface area contributed by atoms with Crippen LogP contribution in [0.25, 0.3) is 11.3 Å². The molecular weight excluding hydrogens is 250 g/mol. The van der Waals surface area contributed by atoms with Crippen LogP contribution in [0.5, 0.6) is 0 Å². The summed E-state index contributed by atoms with van der Waals surface area (Å²) in [5.74, 6) is -0.0112. The molecule has 1 heterocycles. The minimum Gasteiger partial charge on any atom is -0.462 e. The van der Waals surface area contributed by atoms with Gasteiger partial charge in [-0.15, -0.1) is 0 Å². The highest BCUT2D eigenvalue weighted by Crippen LogP contribution is 2.25. The van der Waals surface area contributed by atoms with Crippen LogP contribution in [0.4, 0.5) is 0 Å². The standard InChI is InChI=1S/C17H19NO2/c1-4-20-17(19)14-10-11-15(12(2)3)18-16(14)13-8-6-5-7-9-13/h5-12H,4H2,1-3H3. The Morgan fingerprint density at radius 2 is 1.85 bits per heavy atom. The second-order valence-electron chi connectivity index (χ2n) is 4.87. The summed E-state index contributed by atoms with van der Waals surface area (Å²) in [5, 5.41) is 0. The lowest BCUT2D eigenvalue weighted by Crippen LogP contribution is -2.09. The lowest BCUT2D eigenvalue weighted by Gasteiger charge is -2.12. The van der Waals surface area contributed by atoms with Crippen LogP contribution in [-0.2, 0) is 4.74 Å². The lowest BCUT2D eigenvalue weighted by molar-refractivity contribution is 0.0527. The topological polar surface area (TPSA) is 39.2 Å². The molecule has 2 rings (SSSR count). The predicted octanol–water partition coefficient (Wildman–Crippen LogP) is 4.05. The first-order valence-electron chi connectivity index (χ1n) is 6.87. The molecular formula is C17H19NO2. The Bertz CT molecular complexity index is 591. The van der Waals surface area contributed by atoms with E-state index in [0.717, 1.165) is 11.3 Å². The number of pyridine rings is 1. The van der Waals surface area contributed by atoms with Gasteiger partial charge in [-0.1, -0.05) is 44.2 Å². The van der Waals surface area contributed by atoms with Crippen LogP contribution < -0.4 is 0 Å². The summed E-state index contributed by atoms with van der Waals surface area (Å²) in [7, 11) is 0. The molecule has 0 fully saturated rings. The number of benzene rings is 1. The molecule has 0 bridgehead atoms. The summed E-state index contributed by atoms with van der Waals surface area (Å²) < 4.78 is 5.11. The van der Waals surface area contributed by atoms with Crippen molar-refractivity contribution in [2.45, 2.75) is 26.7 Å². The summed E-state index contributed by atoms with van der Waals surface area (Å²) in [6, 6.07) is 13.4. The Labute approximate surface area is 119 Å². The Balaban J connectivity index is 2.54. The van der Waals surface area contributed by atoms with E-state index in [0.29, 0.717) is 23.8 Å². The summed E-state index contributed by atoms with van der Waals surface area (Å²) in [6.07, 6.45) is 0. The van der Waals surface area contributed by atoms with Crippen molar-refractivity contribution in [1.82, 2.24) is 4.98 Å². The Morgan fingerprint density at radius 1 is 1.15 bits per heavy atom. The highest BCUT2D eigenvalue weighted by atomic mass is 16.5. The van der Waals surface area contributed by atoms with Crippen LogP contribution in [0, 0.1) is 0 Å². The van der Waals surface area contributed by atoms with Crippen LogP contribution in [0.1, 0.15) is 42.7 Å². The SMILES string of the molecule is CCOC(=O)c1ccc(C(C)C)nc1-c1ccccc1. The van der Waals surface area contributed by atoms with Crippen molar-refractivity contribution in [1.29, 1.82) is 0 Å². The highest BCUT2D eigenvalue weighted by molar-refractivity contribution is 5.96. The van der Waals surface area contributed by atoms with Crippen molar-refractivity contribution in [3.63, 3.8) is 0 Å². The van der Waals surface area contributed by atoms with Gasteiger partial charge in [-0.05, 0) is 25.0 Å². The van der Waals surface area contributed by atoms with Gasteiger partial charge in [0.1, 0.15) is 0 Å². The van der Waals surface area contributed by atoms with Crippen molar-refractivity contribution >= 4 is 5.97 Å². The van der Waals surface area contributed by atoms with Crippen molar-refractivity contribution in [3.8, 4) is 11.3 Å². The van der Waals surface area contributed by atoms with Gasteiger partial charge in [-0.3, -0.25) is 4.98 Å². The molecule has 2 aromatic rings. The third-order valence-corrected chi connectivity index (χ3v) is 3.05. The van der Waals surface area contributed by atoms with E-state index >= 15 is 0 Å². The minimum atomic E-state index is -0.325. The van der Waals surface area contributed by atoms with E-state index in [1.54, 1.807) is 6.92 Å². The van der Waals surface area contributed by atoms with Gasteiger partial charge in [0.2, 0.25) is 0 Å². The number of aromatic nitrogens is 1. The smallest absolute Gasteiger partial charge is 0.340 e. The molecule has 0 atom stereocenters. The third kappa shape index (κ3) is 3.05. The van der Waals surface area contributed by atoms with Gasteiger partial charge >= 0.3 is 5.97 Å². The Morgan fingerprint density at radius 3 is 2.45 bits per heavy atom. The molecule has 1 aromatic heterocycles. The number of carbonyl (C=O) groups is 1. The van der Waals surface area contributed by atoms with Crippen molar-refractivity contribution in [3.05, 3.63) is 53.7 Å². The van der Waals surface area contributed by atoms with Crippen LogP contribution in [0.2, 0.25) is 0 Å². The lowest BCUT2D eigenvalue weighted by atomic mass is 10.0. The molecule has 0 unspecified atom stereocenters. The van der Waals surface area contributed by atoms with E-state index in [9.17, 15) is 4.79 Å². The minimum absolute atomic E-state index is 0.314. The molecule has 0 aliphatic carbocycles. The average Bonchev–Trinajstić information content (AvgIpc) is 2.47. The maximum absolute atomic E-state index is 12.1. The second kappa shape index (κ2) is 6.33. The number of rotatable bonds is 4. The molecule has 1 aromatic carbocycles. The van der Waals surface area contributed by atoms with Crippen molar-refractivity contribution in [2.24, 2.45) is 0 Å². The highest BCUT2D eigenvalue weighted by Gasteiger charge is 2.16. The normalized spacial score (nSPS) is 10.6.